The summed E-state index contributed by atoms with van der Waals surface area (Å²) in [7, 11) is 1.37. The fourth-order valence-corrected chi connectivity index (χ4v) is 2.61. The second kappa shape index (κ2) is 9.36. The molecule has 0 saturated carbocycles. The van der Waals surface area contributed by atoms with Crippen molar-refractivity contribution in [2.45, 2.75) is 44.2 Å². The number of nitrogens with zero attached hydrogens (tertiary/aromatic N) is 3. The lowest BCUT2D eigenvalue weighted by Crippen LogP contribution is -2.59. The number of carbonyl (C=O) groups excluding carboxylic acids is 1. The van der Waals surface area contributed by atoms with Crippen LogP contribution in [0.1, 0.15) is 12.5 Å². The van der Waals surface area contributed by atoms with Gasteiger partial charge in [-0.15, -0.1) is 0 Å². The molecule has 1 saturated heterocycles. The third-order valence-corrected chi connectivity index (χ3v) is 3.75. The van der Waals surface area contributed by atoms with Crippen LogP contribution in [0, 0.1) is 0 Å². The molecule has 136 valence electrons. The summed E-state index contributed by atoms with van der Waals surface area (Å²) >= 11 is 0. The monoisotopic (exact) mass is 351 g/mol. The highest BCUT2D eigenvalue weighted by molar-refractivity contribution is 5.66. The van der Waals surface area contributed by atoms with Gasteiger partial charge in [0.2, 0.25) is 0 Å². The van der Waals surface area contributed by atoms with E-state index in [4.69, 9.17) is 24.5 Å². The number of benzene rings is 1. The minimum Gasteiger partial charge on any atom is -0.459 e. The largest absolute Gasteiger partial charge is 0.459 e. The maximum Gasteiger partial charge on any atom is 0.303 e. The number of hydrogen-bond acceptors (Lipinski definition) is 7. The Morgan fingerprint density at radius 1 is 1.40 bits per heavy atom. The van der Waals surface area contributed by atoms with E-state index in [1.165, 1.54) is 14.0 Å². The average Bonchev–Trinajstić information content (AvgIpc) is 2.60. The number of carbonyl (C=O) groups is 1. The first-order valence-electron chi connectivity index (χ1n) is 7.76. The number of methoxy groups -OCH3 is 1. The van der Waals surface area contributed by atoms with Gasteiger partial charge in [0, 0.05) is 18.9 Å². The van der Waals surface area contributed by atoms with Crippen molar-refractivity contribution in [2.24, 2.45) is 5.11 Å². The van der Waals surface area contributed by atoms with E-state index in [1.54, 1.807) is 0 Å². The molecule has 0 aromatic heterocycles. The van der Waals surface area contributed by atoms with Crippen molar-refractivity contribution in [1.29, 1.82) is 0 Å². The quantitative estimate of drug-likeness (QED) is 0.344. The number of esters is 1. The van der Waals surface area contributed by atoms with Crippen molar-refractivity contribution in [3.63, 3.8) is 0 Å². The van der Waals surface area contributed by atoms with Gasteiger partial charge in [0.05, 0.1) is 13.2 Å². The predicted molar refractivity (Wildman–Crippen MR) is 86.3 cm³/mol. The molecule has 1 aromatic carbocycles. The number of aliphatic hydroxyl groups is 1. The first-order valence-corrected chi connectivity index (χ1v) is 7.76. The molecule has 5 atom stereocenters. The average molecular weight is 351 g/mol. The van der Waals surface area contributed by atoms with Crippen molar-refractivity contribution in [2.75, 3.05) is 13.7 Å². The summed E-state index contributed by atoms with van der Waals surface area (Å²) < 4.78 is 21.5. The summed E-state index contributed by atoms with van der Waals surface area (Å²) in [5.41, 5.74) is 9.68. The summed E-state index contributed by atoms with van der Waals surface area (Å²) in [6.45, 7) is 1.60. The van der Waals surface area contributed by atoms with Crippen LogP contribution in [-0.2, 0) is 30.3 Å². The Hall–Kier alpha value is -2.16. The SMILES string of the molecule is CO[C@H]1OC(COCc2ccccc2)[C@H](O)C(OC(C)=O)C1N=[N+]=[N-]. The summed E-state index contributed by atoms with van der Waals surface area (Å²) in [5, 5.41) is 14.0. The Balaban J connectivity index is 2.04. The molecule has 1 aliphatic rings. The van der Waals surface area contributed by atoms with Gasteiger partial charge in [-0.25, -0.2) is 0 Å². The highest BCUT2D eigenvalue weighted by Gasteiger charge is 2.47. The smallest absolute Gasteiger partial charge is 0.303 e. The number of rotatable bonds is 7. The van der Waals surface area contributed by atoms with Crippen LogP contribution in [0.25, 0.3) is 10.4 Å². The molecule has 3 unspecified atom stereocenters. The van der Waals surface area contributed by atoms with E-state index in [1.807, 2.05) is 30.3 Å². The molecule has 0 bridgehead atoms. The Bertz CT molecular complexity index is 607. The normalized spacial score (nSPS) is 28.8. The van der Waals surface area contributed by atoms with E-state index in [0.29, 0.717) is 6.61 Å². The van der Waals surface area contributed by atoms with Gasteiger partial charge in [0.1, 0.15) is 24.4 Å². The molecule has 2 rings (SSSR count). The Morgan fingerprint density at radius 3 is 2.72 bits per heavy atom. The lowest BCUT2D eigenvalue weighted by molar-refractivity contribution is -0.264. The van der Waals surface area contributed by atoms with Gasteiger partial charge < -0.3 is 24.1 Å². The van der Waals surface area contributed by atoms with Crippen LogP contribution in [0.4, 0.5) is 0 Å². The number of azide groups is 1. The lowest BCUT2D eigenvalue weighted by Gasteiger charge is -2.41. The molecular weight excluding hydrogens is 330 g/mol. The van der Waals surface area contributed by atoms with E-state index in [0.717, 1.165) is 5.56 Å². The van der Waals surface area contributed by atoms with Gasteiger partial charge in [-0.2, -0.15) is 0 Å². The molecule has 0 radical (unpaired) electrons. The van der Waals surface area contributed by atoms with Crippen LogP contribution in [0.3, 0.4) is 0 Å². The van der Waals surface area contributed by atoms with Crippen molar-refractivity contribution >= 4 is 5.97 Å². The van der Waals surface area contributed by atoms with E-state index < -0.39 is 36.6 Å². The van der Waals surface area contributed by atoms with Gasteiger partial charge >= 0.3 is 5.97 Å². The minimum absolute atomic E-state index is 0.0523. The van der Waals surface area contributed by atoms with E-state index in [-0.39, 0.29) is 6.61 Å². The predicted octanol–water partition coefficient (Wildman–Crippen LogP) is 1.55. The molecule has 1 N–H and O–H groups in total. The lowest BCUT2D eigenvalue weighted by atomic mass is 9.97. The fourth-order valence-electron chi connectivity index (χ4n) is 2.61. The standard InChI is InChI=1S/C16H21N3O6/c1-10(20)24-15-13(18-19-17)16(22-2)25-12(14(15)21)9-23-8-11-6-4-3-5-7-11/h3-7,12-16,21H,8-9H2,1-2H3/t12?,13?,14-,15?,16-/m0/s1. The maximum absolute atomic E-state index is 11.3. The Labute approximate surface area is 145 Å². The zero-order valence-corrected chi connectivity index (χ0v) is 14.0. The Morgan fingerprint density at radius 2 is 2.12 bits per heavy atom. The second-order valence-electron chi connectivity index (χ2n) is 5.54. The van der Waals surface area contributed by atoms with Crippen molar-refractivity contribution in [3.8, 4) is 0 Å². The van der Waals surface area contributed by atoms with Crippen LogP contribution >= 0.6 is 0 Å². The zero-order valence-electron chi connectivity index (χ0n) is 14.0. The molecule has 1 heterocycles. The van der Waals surface area contributed by atoms with Gasteiger partial charge in [-0.05, 0) is 11.1 Å². The maximum atomic E-state index is 11.3. The third-order valence-electron chi connectivity index (χ3n) is 3.75. The highest BCUT2D eigenvalue weighted by atomic mass is 16.7. The molecule has 0 amide bonds. The van der Waals surface area contributed by atoms with Crippen LogP contribution in [0.5, 0.6) is 0 Å². The van der Waals surface area contributed by atoms with Gasteiger partial charge in [0.15, 0.2) is 6.29 Å². The molecule has 0 spiro atoms. The molecule has 9 heteroatoms. The number of hydrogen-bond donors (Lipinski definition) is 1. The molecule has 1 aliphatic heterocycles. The van der Waals surface area contributed by atoms with Crippen LogP contribution in [-0.4, -0.2) is 55.4 Å². The molecule has 1 fully saturated rings. The van der Waals surface area contributed by atoms with Crippen molar-refractivity contribution < 1.29 is 28.8 Å². The van der Waals surface area contributed by atoms with Crippen LogP contribution in [0.15, 0.2) is 35.4 Å². The molecule has 0 aliphatic carbocycles. The third kappa shape index (κ3) is 5.15. The molecule has 25 heavy (non-hydrogen) atoms. The van der Waals surface area contributed by atoms with Crippen LogP contribution in [0.2, 0.25) is 0 Å². The summed E-state index contributed by atoms with van der Waals surface area (Å²) in [4.78, 5) is 14.0. The summed E-state index contributed by atoms with van der Waals surface area (Å²) in [6.07, 6.45) is -4.07. The summed E-state index contributed by atoms with van der Waals surface area (Å²) in [5.74, 6) is -0.608. The van der Waals surface area contributed by atoms with E-state index in [2.05, 4.69) is 10.0 Å². The van der Waals surface area contributed by atoms with Crippen molar-refractivity contribution in [3.05, 3.63) is 46.3 Å². The highest BCUT2D eigenvalue weighted by Crippen LogP contribution is 2.27. The molecule has 9 nitrogen and oxygen atoms in total. The molecule has 1 aromatic rings. The van der Waals surface area contributed by atoms with E-state index >= 15 is 0 Å². The van der Waals surface area contributed by atoms with Gasteiger partial charge in [-0.3, -0.25) is 4.79 Å². The first-order chi connectivity index (χ1) is 12.1. The van der Waals surface area contributed by atoms with Gasteiger partial charge in [0.25, 0.3) is 0 Å². The van der Waals surface area contributed by atoms with E-state index in [9.17, 15) is 9.90 Å². The second-order valence-corrected chi connectivity index (χ2v) is 5.54. The zero-order chi connectivity index (χ0) is 18.2. The fraction of sp³-hybridized carbons (Fsp3) is 0.562. The topological polar surface area (TPSA) is 123 Å². The minimum atomic E-state index is -1.22. The molecular formula is C16H21N3O6. The van der Waals surface area contributed by atoms with Crippen molar-refractivity contribution in [1.82, 2.24) is 0 Å². The number of aliphatic hydroxyl groups excluding tert-OH is 1. The Kier molecular flexibility index (Phi) is 7.17. The first kappa shape index (κ1) is 19.2. The summed E-state index contributed by atoms with van der Waals surface area (Å²) in [6, 6.07) is 8.52. The van der Waals surface area contributed by atoms with Crippen LogP contribution < -0.4 is 0 Å². The number of ether oxygens (including phenoxy) is 4. The van der Waals surface area contributed by atoms with Gasteiger partial charge in [-0.1, -0.05) is 35.4 Å².